The van der Waals surface area contributed by atoms with Gasteiger partial charge in [0.25, 0.3) is 0 Å². The average Bonchev–Trinajstić information content (AvgIpc) is 3.18. The maximum Gasteiger partial charge on any atom is 0.241 e. The average molecular weight is 320 g/mol. The Morgan fingerprint density at radius 3 is 2.83 bits per heavy atom. The summed E-state index contributed by atoms with van der Waals surface area (Å²) in [6, 6.07) is 6.58. The molecule has 4 aromatic heterocycles. The molecular weight excluding hydrogens is 304 g/mol. The van der Waals surface area contributed by atoms with Crippen LogP contribution in [0, 0.1) is 0 Å². The molecule has 0 unspecified atom stereocenters. The van der Waals surface area contributed by atoms with Crippen LogP contribution in [0.3, 0.4) is 0 Å². The summed E-state index contributed by atoms with van der Waals surface area (Å²) in [5.74, 6) is 0.625. The topological polar surface area (TPSA) is 98.4 Å². The number of imidazole rings is 1. The molecule has 24 heavy (non-hydrogen) atoms. The van der Waals surface area contributed by atoms with Crippen molar-refractivity contribution in [3.63, 3.8) is 0 Å². The van der Waals surface area contributed by atoms with E-state index >= 15 is 0 Å². The van der Waals surface area contributed by atoms with Crippen LogP contribution >= 0.6 is 0 Å². The Bertz CT molecular complexity index is 1030. The Balaban J connectivity index is 1.50. The van der Waals surface area contributed by atoms with Crippen molar-refractivity contribution < 1.29 is 0 Å². The third-order valence-electron chi connectivity index (χ3n) is 4.46. The van der Waals surface area contributed by atoms with Crippen molar-refractivity contribution in [3.05, 3.63) is 43.0 Å². The minimum absolute atomic E-state index is 0.300. The lowest BCUT2D eigenvalue weighted by atomic mass is 9.88. The number of hydrogen-bond donors (Lipinski definition) is 2. The second kappa shape index (κ2) is 5.00. The predicted octanol–water partition coefficient (Wildman–Crippen LogP) is 1.34. The first kappa shape index (κ1) is 13.4. The molecule has 0 saturated heterocycles. The number of anilines is 1. The van der Waals surface area contributed by atoms with Crippen LogP contribution in [0.1, 0.15) is 12.8 Å². The molecule has 0 amide bonds. The highest BCUT2D eigenvalue weighted by Gasteiger charge is 2.26. The van der Waals surface area contributed by atoms with Crippen molar-refractivity contribution in [2.24, 2.45) is 5.73 Å². The Labute approximate surface area is 137 Å². The molecule has 1 fully saturated rings. The fourth-order valence-corrected chi connectivity index (χ4v) is 3.10. The number of rotatable bonds is 3. The fraction of sp³-hybridized carbons (Fsp3) is 0.250. The van der Waals surface area contributed by atoms with Crippen molar-refractivity contribution in [1.82, 2.24) is 29.2 Å². The Morgan fingerprint density at radius 2 is 1.96 bits per heavy atom. The van der Waals surface area contributed by atoms with Gasteiger partial charge in [0.1, 0.15) is 0 Å². The molecule has 120 valence electrons. The summed E-state index contributed by atoms with van der Waals surface area (Å²) in [7, 11) is 0. The normalized spacial score (nSPS) is 20.4. The van der Waals surface area contributed by atoms with E-state index in [1.54, 1.807) is 10.7 Å². The van der Waals surface area contributed by atoms with Gasteiger partial charge in [0.2, 0.25) is 5.95 Å². The molecule has 4 aromatic rings. The summed E-state index contributed by atoms with van der Waals surface area (Å²) < 4.78 is 3.58. The first-order valence-electron chi connectivity index (χ1n) is 7.93. The number of hydrogen-bond acceptors (Lipinski definition) is 6. The lowest BCUT2D eigenvalue weighted by Gasteiger charge is -2.32. The molecular formula is C16H16N8. The van der Waals surface area contributed by atoms with Gasteiger partial charge >= 0.3 is 0 Å². The van der Waals surface area contributed by atoms with Gasteiger partial charge in [-0.15, -0.1) is 5.10 Å². The SMILES string of the molecule is N[C@H]1C[C@@H](Nc2ncc3c(-c4ccc5nccn5n4)ccn3n2)C1. The van der Waals surface area contributed by atoms with Crippen molar-refractivity contribution >= 4 is 17.1 Å². The lowest BCUT2D eigenvalue weighted by Crippen LogP contribution is -2.44. The maximum atomic E-state index is 5.81. The van der Waals surface area contributed by atoms with E-state index in [-0.39, 0.29) is 0 Å². The van der Waals surface area contributed by atoms with E-state index in [1.807, 2.05) is 41.3 Å². The second-order valence-corrected chi connectivity index (χ2v) is 6.16. The largest absolute Gasteiger partial charge is 0.350 e. The smallest absolute Gasteiger partial charge is 0.241 e. The molecule has 8 nitrogen and oxygen atoms in total. The number of nitrogens with zero attached hydrogens (tertiary/aromatic N) is 6. The highest BCUT2D eigenvalue weighted by Crippen LogP contribution is 2.25. The molecule has 0 atom stereocenters. The van der Waals surface area contributed by atoms with Gasteiger partial charge in [-0.05, 0) is 31.0 Å². The molecule has 0 bridgehead atoms. The quantitative estimate of drug-likeness (QED) is 0.591. The third-order valence-corrected chi connectivity index (χ3v) is 4.46. The minimum Gasteiger partial charge on any atom is -0.350 e. The molecule has 0 aliphatic heterocycles. The predicted molar refractivity (Wildman–Crippen MR) is 89.6 cm³/mol. The fourth-order valence-electron chi connectivity index (χ4n) is 3.10. The van der Waals surface area contributed by atoms with Crippen LogP contribution < -0.4 is 11.1 Å². The highest BCUT2D eigenvalue weighted by atomic mass is 15.3. The van der Waals surface area contributed by atoms with Gasteiger partial charge in [-0.1, -0.05) is 0 Å². The molecule has 1 aliphatic rings. The molecule has 3 N–H and O–H groups in total. The van der Waals surface area contributed by atoms with Gasteiger partial charge in [-0.3, -0.25) is 0 Å². The van der Waals surface area contributed by atoms with E-state index < -0.39 is 0 Å². The zero-order chi connectivity index (χ0) is 16.1. The zero-order valence-electron chi connectivity index (χ0n) is 12.9. The van der Waals surface area contributed by atoms with E-state index in [9.17, 15) is 0 Å². The highest BCUT2D eigenvalue weighted by molar-refractivity contribution is 5.78. The van der Waals surface area contributed by atoms with Crippen LogP contribution in [0.4, 0.5) is 5.95 Å². The Morgan fingerprint density at radius 1 is 1.04 bits per heavy atom. The van der Waals surface area contributed by atoms with Crippen LogP contribution in [0.25, 0.3) is 22.4 Å². The first-order valence-corrected chi connectivity index (χ1v) is 7.93. The van der Waals surface area contributed by atoms with E-state index in [4.69, 9.17) is 5.73 Å². The molecule has 1 saturated carbocycles. The zero-order valence-corrected chi connectivity index (χ0v) is 12.9. The first-order chi connectivity index (χ1) is 11.8. The summed E-state index contributed by atoms with van der Waals surface area (Å²) in [6.07, 6.45) is 9.24. The molecule has 0 aromatic carbocycles. The van der Waals surface area contributed by atoms with Crippen molar-refractivity contribution in [3.8, 4) is 11.3 Å². The number of nitrogens with two attached hydrogens (primary N) is 1. The van der Waals surface area contributed by atoms with Gasteiger partial charge in [0.15, 0.2) is 5.65 Å². The molecule has 0 spiro atoms. The summed E-state index contributed by atoms with van der Waals surface area (Å²) in [5, 5.41) is 12.4. The van der Waals surface area contributed by atoms with Crippen LogP contribution in [0.5, 0.6) is 0 Å². The molecule has 1 aliphatic carbocycles. The third kappa shape index (κ3) is 2.11. The summed E-state index contributed by atoms with van der Waals surface area (Å²) in [4.78, 5) is 8.65. The van der Waals surface area contributed by atoms with Gasteiger partial charge in [0, 0.05) is 36.2 Å². The standard InChI is InChI=1S/C16H16N8/c17-10-7-11(8-10)20-16-19-9-14-12(3-5-23(14)22-16)13-1-2-15-18-4-6-24(15)21-13/h1-6,9-11H,7-8,17H2,(H,20,22)/t10-,11+. The number of aromatic nitrogens is 6. The van der Waals surface area contributed by atoms with E-state index in [0.717, 1.165) is 35.3 Å². The van der Waals surface area contributed by atoms with E-state index in [2.05, 4.69) is 25.5 Å². The van der Waals surface area contributed by atoms with Gasteiger partial charge in [-0.2, -0.15) is 5.10 Å². The van der Waals surface area contributed by atoms with Gasteiger partial charge in [-0.25, -0.2) is 19.0 Å². The lowest BCUT2D eigenvalue weighted by molar-refractivity contribution is 0.371. The second-order valence-electron chi connectivity index (χ2n) is 6.16. The molecule has 0 radical (unpaired) electrons. The summed E-state index contributed by atoms with van der Waals surface area (Å²) >= 11 is 0. The van der Waals surface area contributed by atoms with Crippen LogP contribution in [-0.4, -0.2) is 41.3 Å². The van der Waals surface area contributed by atoms with Gasteiger partial charge in [0.05, 0.1) is 17.4 Å². The molecule has 8 heteroatoms. The monoisotopic (exact) mass is 320 g/mol. The summed E-state index contributed by atoms with van der Waals surface area (Å²) in [6.45, 7) is 0. The number of fused-ring (bicyclic) bond motifs is 2. The van der Waals surface area contributed by atoms with Gasteiger partial charge < -0.3 is 11.1 Å². The molecule has 5 rings (SSSR count). The van der Waals surface area contributed by atoms with Crippen LogP contribution in [0.2, 0.25) is 0 Å². The number of nitrogens with one attached hydrogen (secondary N) is 1. The Kier molecular flexibility index (Phi) is 2.80. The maximum absolute atomic E-state index is 5.81. The Hall–Kier alpha value is -3.00. The summed E-state index contributed by atoms with van der Waals surface area (Å²) in [5.41, 5.74) is 9.40. The van der Waals surface area contributed by atoms with Crippen molar-refractivity contribution in [2.45, 2.75) is 24.9 Å². The van der Waals surface area contributed by atoms with Crippen LogP contribution in [0.15, 0.2) is 43.0 Å². The minimum atomic E-state index is 0.300. The van der Waals surface area contributed by atoms with Crippen molar-refractivity contribution in [1.29, 1.82) is 0 Å². The van der Waals surface area contributed by atoms with Crippen LogP contribution in [-0.2, 0) is 0 Å². The van der Waals surface area contributed by atoms with Crippen molar-refractivity contribution in [2.75, 3.05) is 5.32 Å². The van der Waals surface area contributed by atoms with E-state index in [1.165, 1.54) is 0 Å². The molecule has 4 heterocycles. The van der Waals surface area contributed by atoms with E-state index in [0.29, 0.717) is 18.0 Å².